The Labute approximate surface area is 113 Å². The molecule has 0 amide bonds. The largest absolute Gasteiger partial charge is 0.496 e. The Balaban J connectivity index is 3.18. The Bertz CT molecular complexity index is 497. The zero-order valence-electron chi connectivity index (χ0n) is 12.3. The van der Waals surface area contributed by atoms with Gasteiger partial charge in [-0.2, -0.15) is 0 Å². The van der Waals surface area contributed by atoms with E-state index in [-0.39, 0.29) is 17.3 Å². The highest BCUT2D eigenvalue weighted by atomic mass is 16.5. The first-order valence-corrected chi connectivity index (χ1v) is 6.59. The van der Waals surface area contributed by atoms with Crippen molar-refractivity contribution >= 4 is 5.78 Å². The van der Waals surface area contributed by atoms with Crippen molar-refractivity contribution in [3.05, 3.63) is 27.8 Å². The van der Waals surface area contributed by atoms with Gasteiger partial charge in [-0.25, -0.2) is 4.79 Å². The summed E-state index contributed by atoms with van der Waals surface area (Å²) in [6.45, 7) is 7.92. The second-order valence-corrected chi connectivity index (χ2v) is 5.56. The molecule has 19 heavy (non-hydrogen) atoms. The van der Waals surface area contributed by atoms with Crippen LogP contribution in [0.1, 0.15) is 50.2 Å². The van der Waals surface area contributed by atoms with Crippen molar-refractivity contribution in [3.63, 3.8) is 0 Å². The lowest BCUT2D eigenvalue weighted by Crippen LogP contribution is -2.18. The van der Waals surface area contributed by atoms with Gasteiger partial charge in [0, 0.05) is 18.9 Å². The van der Waals surface area contributed by atoms with E-state index in [4.69, 9.17) is 9.15 Å². The summed E-state index contributed by atoms with van der Waals surface area (Å²) in [5.74, 6) is 1.20. The summed E-state index contributed by atoms with van der Waals surface area (Å²) in [6.07, 6.45) is 0.953. The number of methoxy groups -OCH3 is 1. The molecule has 1 rings (SSSR count). The summed E-state index contributed by atoms with van der Waals surface area (Å²) in [5.41, 5.74) is -0.565. The van der Waals surface area contributed by atoms with Gasteiger partial charge in [0.1, 0.15) is 17.1 Å². The molecule has 106 valence electrons. The van der Waals surface area contributed by atoms with Gasteiger partial charge >= 0.3 is 5.63 Å². The number of hydrogen-bond donors (Lipinski definition) is 0. The van der Waals surface area contributed by atoms with Gasteiger partial charge in [-0.3, -0.25) is 4.79 Å². The molecule has 0 atom stereocenters. The third-order valence-corrected chi connectivity index (χ3v) is 2.67. The van der Waals surface area contributed by atoms with Gasteiger partial charge in [-0.15, -0.1) is 0 Å². The van der Waals surface area contributed by atoms with Gasteiger partial charge in [0.05, 0.1) is 7.11 Å². The number of ether oxygens (including phenoxy) is 1. The van der Waals surface area contributed by atoms with Crippen LogP contribution in [0.5, 0.6) is 5.75 Å². The van der Waals surface area contributed by atoms with Crippen LogP contribution in [-0.2, 0) is 6.42 Å². The number of ketones is 1. The Morgan fingerprint density at radius 3 is 2.37 bits per heavy atom. The summed E-state index contributed by atoms with van der Waals surface area (Å²) in [4.78, 5) is 24.0. The maximum atomic E-state index is 12.0. The van der Waals surface area contributed by atoms with Crippen LogP contribution < -0.4 is 10.4 Å². The molecule has 1 heterocycles. The van der Waals surface area contributed by atoms with E-state index in [0.29, 0.717) is 30.3 Å². The number of carbonyl (C=O) groups excluding carboxylic acids is 1. The molecule has 0 bridgehead atoms. The van der Waals surface area contributed by atoms with Gasteiger partial charge in [0.25, 0.3) is 0 Å². The third kappa shape index (κ3) is 4.23. The van der Waals surface area contributed by atoms with Gasteiger partial charge in [-0.1, -0.05) is 27.7 Å². The Hall–Kier alpha value is -1.58. The predicted octanol–water partition coefficient (Wildman–Crippen LogP) is 3.08. The molecule has 0 aliphatic carbocycles. The molecule has 0 radical (unpaired) electrons. The van der Waals surface area contributed by atoms with Crippen molar-refractivity contribution in [2.75, 3.05) is 7.11 Å². The molecule has 0 spiro atoms. The zero-order chi connectivity index (χ0) is 14.6. The van der Waals surface area contributed by atoms with Crippen LogP contribution in [0.3, 0.4) is 0 Å². The van der Waals surface area contributed by atoms with E-state index >= 15 is 0 Å². The smallest absolute Gasteiger partial charge is 0.350 e. The molecule has 0 aliphatic heterocycles. The van der Waals surface area contributed by atoms with Crippen molar-refractivity contribution in [1.29, 1.82) is 0 Å². The molecule has 1 aromatic heterocycles. The summed E-state index contributed by atoms with van der Waals surface area (Å²) < 4.78 is 10.4. The molecule has 0 unspecified atom stereocenters. The minimum absolute atomic E-state index is 0.0312. The van der Waals surface area contributed by atoms with Crippen molar-refractivity contribution in [1.82, 2.24) is 0 Å². The average Bonchev–Trinajstić information content (AvgIpc) is 2.25. The van der Waals surface area contributed by atoms with Gasteiger partial charge in [-0.05, 0) is 11.8 Å². The fourth-order valence-corrected chi connectivity index (χ4v) is 1.91. The molecule has 0 aromatic carbocycles. The van der Waals surface area contributed by atoms with Crippen molar-refractivity contribution in [3.8, 4) is 5.75 Å². The number of Topliss-reactive ketones (excluding diaryl/α,β-unsaturated/α-hetero) is 1. The van der Waals surface area contributed by atoms with Gasteiger partial charge in [0.2, 0.25) is 0 Å². The number of rotatable bonds is 6. The molecule has 0 fully saturated rings. The normalized spacial score (nSPS) is 11.1. The molecular weight excluding hydrogens is 244 g/mol. The standard InChI is InChI=1S/C15H22O4/c1-9(2)6-11-8-13(18-5)14(15(17)19-11)12(16)7-10(3)4/h8-10H,6-7H2,1-5H3. The first-order chi connectivity index (χ1) is 8.85. The monoisotopic (exact) mass is 266 g/mol. The van der Waals surface area contributed by atoms with Crippen LogP contribution in [0.15, 0.2) is 15.3 Å². The Morgan fingerprint density at radius 2 is 1.89 bits per heavy atom. The summed E-state index contributed by atoms with van der Waals surface area (Å²) in [7, 11) is 1.46. The summed E-state index contributed by atoms with van der Waals surface area (Å²) in [6, 6.07) is 1.65. The minimum Gasteiger partial charge on any atom is -0.496 e. The van der Waals surface area contributed by atoms with E-state index in [1.54, 1.807) is 6.07 Å². The van der Waals surface area contributed by atoms with E-state index in [1.807, 2.05) is 27.7 Å². The van der Waals surface area contributed by atoms with Crippen LogP contribution in [0.25, 0.3) is 0 Å². The minimum atomic E-state index is -0.597. The topological polar surface area (TPSA) is 56.5 Å². The van der Waals surface area contributed by atoms with Crippen LogP contribution in [0.4, 0.5) is 0 Å². The predicted molar refractivity (Wildman–Crippen MR) is 73.9 cm³/mol. The third-order valence-electron chi connectivity index (χ3n) is 2.67. The van der Waals surface area contributed by atoms with Crippen LogP contribution >= 0.6 is 0 Å². The molecule has 4 nitrogen and oxygen atoms in total. The fraction of sp³-hybridized carbons (Fsp3) is 0.600. The van der Waals surface area contributed by atoms with Crippen molar-refractivity contribution in [2.24, 2.45) is 11.8 Å². The second kappa shape index (κ2) is 6.55. The van der Waals surface area contributed by atoms with Crippen LogP contribution in [-0.4, -0.2) is 12.9 Å². The van der Waals surface area contributed by atoms with Crippen molar-refractivity contribution in [2.45, 2.75) is 40.5 Å². The number of hydrogen-bond acceptors (Lipinski definition) is 4. The lowest BCUT2D eigenvalue weighted by atomic mass is 10.0. The molecular formula is C15H22O4. The molecule has 0 N–H and O–H groups in total. The van der Waals surface area contributed by atoms with E-state index in [1.165, 1.54) is 7.11 Å². The Morgan fingerprint density at radius 1 is 1.26 bits per heavy atom. The highest BCUT2D eigenvalue weighted by molar-refractivity contribution is 5.98. The summed E-state index contributed by atoms with van der Waals surface area (Å²) >= 11 is 0. The SMILES string of the molecule is COc1cc(CC(C)C)oc(=O)c1C(=O)CC(C)C. The summed E-state index contributed by atoms with van der Waals surface area (Å²) in [5, 5.41) is 0. The molecule has 1 aromatic rings. The molecule has 0 aliphatic rings. The van der Waals surface area contributed by atoms with E-state index in [0.717, 1.165) is 0 Å². The average molecular weight is 266 g/mol. The lowest BCUT2D eigenvalue weighted by molar-refractivity contribution is 0.0960. The number of carbonyl (C=O) groups is 1. The molecule has 0 saturated carbocycles. The van der Waals surface area contributed by atoms with Gasteiger partial charge < -0.3 is 9.15 Å². The zero-order valence-corrected chi connectivity index (χ0v) is 12.3. The van der Waals surface area contributed by atoms with E-state index in [9.17, 15) is 9.59 Å². The van der Waals surface area contributed by atoms with Gasteiger partial charge in [0.15, 0.2) is 5.78 Å². The Kier molecular flexibility index (Phi) is 5.33. The quantitative estimate of drug-likeness (QED) is 0.742. The first kappa shape index (κ1) is 15.5. The maximum Gasteiger partial charge on any atom is 0.350 e. The van der Waals surface area contributed by atoms with Crippen molar-refractivity contribution < 1.29 is 13.9 Å². The van der Waals surface area contributed by atoms with E-state index in [2.05, 4.69) is 0 Å². The second-order valence-electron chi connectivity index (χ2n) is 5.56. The van der Waals surface area contributed by atoms with Crippen LogP contribution in [0.2, 0.25) is 0 Å². The van der Waals surface area contributed by atoms with Crippen LogP contribution in [0, 0.1) is 11.8 Å². The highest BCUT2D eigenvalue weighted by Gasteiger charge is 2.20. The molecule has 0 saturated heterocycles. The maximum absolute atomic E-state index is 12.0. The molecule has 4 heteroatoms. The first-order valence-electron chi connectivity index (χ1n) is 6.59. The fourth-order valence-electron chi connectivity index (χ4n) is 1.91. The lowest BCUT2D eigenvalue weighted by Gasteiger charge is -2.10. The highest BCUT2D eigenvalue weighted by Crippen LogP contribution is 2.21. The van der Waals surface area contributed by atoms with E-state index < -0.39 is 5.63 Å².